The van der Waals surface area contributed by atoms with Crippen LogP contribution < -0.4 is 5.32 Å². The van der Waals surface area contributed by atoms with Gasteiger partial charge in [-0.1, -0.05) is 13.8 Å². The Balaban J connectivity index is 2.34. The van der Waals surface area contributed by atoms with E-state index in [2.05, 4.69) is 33.6 Å². The Kier molecular flexibility index (Phi) is 7.44. The third-order valence-corrected chi connectivity index (χ3v) is 3.08. The highest BCUT2D eigenvalue weighted by atomic mass is 16.5. The number of methoxy groups -OCH3 is 1. The topological polar surface area (TPSA) is 42.3 Å². The van der Waals surface area contributed by atoms with Crippen LogP contribution in [0.25, 0.3) is 0 Å². The van der Waals surface area contributed by atoms with Gasteiger partial charge in [-0.2, -0.15) is 0 Å². The van der Waals surface area contributed by atoms with Gasteiger partial charge in [0.25, 0.3) is 0 Å². The number of imidazole rings is 1. The number of hydrogen-bond acceptors (Lipinski definition) is 4. The molecule has 0 aliphatic rings. The van der Waals surface area contributed by atoms with Crippen LogP contribution in [-0.4, -0.2) is 54.3 Å². The lowest BCUT2D eigenvalue weighted by Crippen LogP contribution is -2.27. The number of aromatic nitrogens is 2. The summed E-state index contributed by atoms with van der Waals surface area (Å²) >= 11 is 0. The fourth-order valence-electron chi connectivity index (χ4n) is 1.86. The van der Waals surface area contributed by atoms with Crippen molar-refractivity contribution >= 4 is 5.95 Å². The van der Waals surface area contributed by atoms with Gasteiger partial charge in [-0.25, -0.2) is 4.98 Å². The molecule has 1 aromatic rings. The van der Waals surface area contributed by atoms with E-state index in [0.717, 1.165) is 51.7 Å². The van der Waals surface area contributed by atoms with Crippen LogP contribution in [0.2, 0.25) is 0 Å². The van der Waals surface area contributed by atoms with E-state index < -0.39 is 0 Å². The zero-order valence-corrected chi connectivity index (χ0v) is 11.9. The minimum atomic E-state index is 0.785. The first-order valence-corrected chi connectivity index (χ1v) is 6.78. The highest BCUT2D eigenvalue weighted by molar-refractivity contribution is 5.25. The van der Waals surface area contributed by atoms with Crippen molar-refractivity contribution in [2.24, 2.45) is 0 Å². The second kappa shape index (κ2) is 8.94. The first-order valence-electron chi connectivity index (χ1n) is 6.78. The molecule has 0 spiro atoms. The fourth-order valence-corrected chi connectivity index (χ4v) is 1.86. The summed E-state index contributed by atoms with van der Waals surface area (Å²) < 4.78 is 7.20. The summed E-state index contributed by atoms with van der Waals surface area (Å²) in [5.74, 6) is 0.957. The zero-order valence-electron chi connectivity index (χ0n) is 11.9. The van der Waals surface area contributed by atoms with Crippen molar-refractivity contribution in [2.75, 3.05) is 45.2 Å². The van der Waals surface area contributed by atoms with E-state index in [1.54, 1.807) is 7.11 Å². The molecule has 104 valence electrons. The molecular formula is C13H26N4O. The third kappa shape index (κ3) is 5.06. The summed E-state index contributed by atoms with van der Waals surface area (Å²) in [7, 11) is 1.73. The Morgan fingerprint density at radius 1 is 1.39 bits per heavy atom. The third-order valence-electron chi connectivity index (χ3n) is 3.08. The van der Waals surface area contributed by atoms with Crippen LogP contribution >= 0.6 is 0 Å². The van der Waals surface area contributed by atoms with Crippen molar-refractivity contribution < 1.29 is 4.74 Å². The van der Waals surface area contributed by atoms with Crippen LogP contribution in [0.4, 0.5) is 5.95 Å². The van der Waals surface area contributed by atoms with Gasteiger partial charge in [0, 0.05) is 45.7 Å². The molecule has 0 aromatic carbocycles. The number of anilines is 1. The van der Waals surface area contributed by atoms with Gasteiger partial charge < -0.3 is 19.5 Å². The number of nitrogens with one attached hydrogen (secondary N) is 1. The van der Waals surface area contributed by atoms with Gasteiger partial charge in [0.15, 0.2) is 0 Å². The van der Waals surface area contributed by atoms with Crippen molar-refractivity contribution in [2.45, 2.75) is 26.8 Å². The number of nitrogens with zero attached hydrogens (tertiary/aromatic N) is 3. The summed E-state index contributed by atoms with van der Waals surface area (Å²) in [6, 6.07) is 0. The van der Waals surface area contributed by atoms with E-state index in [9.17, 15) is 0 Å². The largest absolute Gasteiger partial charge is 0.385 e. The maximum absolute atomic E-state index is 5.03. The molecule has 0 aliphatic heterocycles. The van der Waals surface area contributed by atoms with Gasteiger partial charge >= 0.3 is 0 Å². The molecule has 1 heterocycles. The molecule has 0 fully saturated rings. The average Bonchev–Trinajstić information content (AvgIpc) is 2.83. The molecule has 0 bridgehead atoms. The second-order valence-electron chi connectivity index (χ2n) is 4.24. The maximum atomic E-state index is 5.03. The van der Waals surface area contributed by atoms with Crippen LogP contribution in [0.3, 0.4) is 0 Å². The molecule has 1 rings (SSSR count). The Morgan fingerprint density at radius 3 is 2.83 bits per heavy atom. The van der Waals surface area contributed by atoms with Gasteiger partial charge in [-0.05, 0) is 19.5 Å². The van der Waals surface area contributed by atoms with Gasteiger partial charge in [-0.3, -0.25) is 0 Å². The molecule has 18 heavy (non-hydrogen) atoms. The molecule has 1 N–H and O–H groups in total. The SMILES string of the molecule is CCN(CC)CCn1ccnc1NCCCOC. The molecule has 0 amide bonds. The van der Waals surface area contributed by atoms with Crippen LogP contribution in [-0.2, 0) is 11.3 Å². The van der Waals surface area contributed by atoms with Crippen molar-refractivity contribution in [3.8, 4) is 0 Å². The first-order chi connectivity index (χ1) is 8.81. The van der Waals surface area contributed by atoms with Crippen LogP contribution in [0.1, 0.15) is 20.3 Å². The molecular weight excluding hydrogens is 228 g/mol. The standard InChI is InChI=1S/C13H26N4O/c1-4-16(5-2)10-11-17-9-8-15-13(17)14-7-6-12-18-3/h8-9H,4-7,10-12H2,1-3H3,(H,14,15). The minimum absolute atomic E-state index is 0.785. The maximum Gasteiger partial charge on any atom is 0.202 e. The molecule has 0 unspecified atom stereocenters. The van der Waals surface area contributed by atoms with Crippen molar-refractivity contribution in [1.82, 2.24) is 14.5 Å². The molecule has 0 saturated heterocycles. The van der Waals surface area contributed by atoms with Gasteiger partial charge in [0.2, 0.25) is 5.95 Å². The van der Waals surface area contributed by atoms with Crippen LogP contribution in [0, 0.1) is 0 Å². The Hall–Kier alpha value is -1.07. The molecule has 5 nitrogen and oxygen atoms in total. The smallest absolute Gasteiger partial charge is 0.202 e. The van der Waals surface area contributed by atoms with Gasteiger partial charge in [-0.15, -0.1) is 0 Å². The Morgan fingerprint density at radius 2 is 2.17 bits per heavy atom. The molecule has 0 radical (unpaired) electrons. The number of hydrogen-bond donors (Lipinski definition) is 1. The number of likely N-dealkylation sites (N-methyl/N-ethyl adjacent to an activating group) is 1. The fraction of sp³-hybridized carbons (Fsp3) is 0.769. The Bertz CT molecular complexity index is 310. The van der Waals surface area contributed by atoms with Gasteiger partial charge in [0.05, 0.1) is 0 Å². The number of ether oxygens (including phenoxy) is 1. The zero-order chi connectivity index (χ0) is 13.2. The van der Waals surface area contributed by atoms with Crippen LogP contribution in [0.5, 0.6) is 0 Å². The molecule has 0 aliphatic carbocycles. The molecule has 0 atom stereocenters. The number of rotatable bonds is 10. The summed E-state index contributed by atoms with van der Waals surface area (Å²) in [4.78, 5) is 6.75. The summed E-state index contributed by atoms with van der Waals surface area (Å²) in [6.07, 6.45) is 4.88. The second-order valence-corrected chi connectivity index (χ2v) is 4.24. The molecule has 1 aromatic heterocycles. The average molecular weight is 254 g/mol. The van der Waals surface area contributed by atoms with E-state index in [4.69, 9.17) is 4.74 Å². The highest BCUT2D eigenvalue weighted by Gasteiger charge is 2.04. The van der Waals surface area contributed by atoms with E-state index in [1.807, 2.05) is 12.4 Å². The summed E-state index contributed by atoms with van der Waals surface area (Å²) in [5, 5.41) is 3.34. The summed E-state index contributed by atoms with van der Waals surface area (Å²) in [6.45, 7) is 10.3. The normalized spacial score (nSPS) is 11.1. The van der Waals surface area contributed by atoms with E-state index in [0.29, 0.717) is 0 Å². The van der Waals surface area contributed by atoms with Crippen LogP contribution in [0.15, 0.2) is 12.4 Å². The van der Waals surface area contributed by atoms with Crippen molar-refractivity contribution in [3.63, 3.8) is 0 Å². The molecule has 0 saturated carbocycles. The Labute approximate surface area is 110 Å². The summed E-state index contributed by atoms with van der Waals surface area (Å²) in [5.41, 5.74) is 0. The molecule has 5 heteroatoms. The quantitative estimate of drug-likeness (QED) is 0.645. The van der Waals surface area contributed by atoms with E-state index in [1.165, 1.54) is 0 Å². The first kappa shape index (κ1) is 15.0. The monoisotopic (exact) mass is 254 g/mol. The van der Waals surface area contributed by atoms with E-state index in [-0.39, 0.29) is 0 Å². The predicted octanol–water partition coefficient (Wildman–Crippen LogP) is 1.67. The lowest BCUT2D eigenvalue weighted by Gasteiger charge is -2.19. The van der Waals surface area contributed by atoms with E-state index >= 15 is 0 Å². The lowest BCUT2D eigenvalue weighted by molar-refractivity contribution is 0.197. The minimum Gasteiger partial charge on any atom is -0.385 e. The van der Waals surface area contributed by atoms with Crippen molar-refractivity contribution in [3.05, 3.63) is 12.4 Å². The van der Waals surface area contributed by atoms with Crippen molar-refractivity contribution in [1.29, 1.82) is 0 Å². The van der Waals surface area contributed by atoms with Gasteiger partial charge in [0.1, 0.15) is 0 Å². The predicted molar refractivity (Wildman–Crippen MR) is 75.0 cm³/mol. The highest BCUT2D eigenvalue weighted by Crippen LogP contribution is 2.04. The lowest BCUT2D eigenvalue weighted by atomic mass is 10.4.